The molecule has 3 N–H and O–H groups in total. The molecule has 7 nitrogen and oxygen atoms in total. The van der Waals surface area contributed by atoms with Crippen LogP contribution < -0.4 is 15.8 Å². The second kappa shape index (κ2) is 8.16. The van der Waals surface area contributed by atoms with Gasteiger partial charge in [0.05, 0.1) is 27.9 Å². The first-order valence-electron chi connectivity index (χ1n) is 7.18. The summed E-state index contributed by atoms with van der Waals surface area (Å²) in [6.45, 7) is 0.343. The molecule has 24 heavy (non-hydrogen) atoms. The van der Waals surface area contributed by atoms with Gasteiger partial charge in [-0.2, -0.15) is 0 Å². The molecule has 0 aliphatic rings. The normalized spacial score (nSPS) is 10.2. The average Bonchev–Trinajstić information content (AvgIpc) is 2.55. The van der Waals surface area contributed by atoms with Crippen molar-refractivity contribution in [1.29, 1.82) is 0 Å². The number of carbonyl (C=O) groups excluding carboxylic acids is 1. The number of nitrogens with zero attached hydrogens (tertiary/aromatic N) is 1. The van der Waals surface area contributed by atoms with E-state index in [-0.39, 0.29) is 23.0 Å². The Labute approximate surface area is 143 Å². The Morgan fingerprint density at radius 1 is 1.29 bits per heavy atom. The van der Waals surface area contributed by atoms with Gasteiger partial charge < -0.3 is 15.8 Å². The Bertz CT molecular complexity index is 752. The van der Waals surface area contributed by atoms with Crippen LogP contribution in [0.5, 0.6) is 5.75 Å². The number of nitrogens with two attached hydrogens (primary N) is 1. The number of ether oxygens (including phenoxy) is 1. The van der Waals surface area contributed by atoms with Crippen LogP contribution in [0.1, 0.15) is 12.8 Å². The Kier molecular flexibility index (Phi) is 5.97. The quantitative estimate of drug-likeness (QED) is 0.343. The molecule has 0 aliphatic carbocycles. The van der Waals surface area contributed by atoms with Crippen LogP contribution in [0.25, 0.3) is 0 Å². The van der Waals surface area contributed by atoms with E-state index in [1.807, 2.05) is 12.1 Å². The molecule has 0 atom stereocenters. The first kappa shape index (κ1) is 17.6. The fourth-order valence-corrected chi connectivity index (χ4v) is 2.18. The Balaban J connectivity index is 1.79. The Hall–Kier alpha value is -2.80. The molecular weight excluding hydrogens is 334 g/mol. The van der Waals surface area contributed by atoms with Crippen LogP contribution in [0.2, 0.25) is 5.02 Å². The number of nitrogens with one attached hydrogen (secondary N) is 1. The minimum Gasteiger partial charge on any atom is -0.491 e. The van der Waals surface area contributed by atoms with Crippen molar-refractivity contribution < 1.29 is 14.5 Å². The maximum absolute atomic E-state index is 11.9. The maximum Gasteiger partial charge on any atom is 0.271 e. The Morgan fingerprint density at radius 2 is 2.04 bits per heavy atom. The summed E-state index contributed by atoms with van der Waals surface area (Å²) in [4.78, 5) is 22.0. The lowest BCUT2D eigenvalue weighted by Crippen LogP contribution is -2.13. The molecule has 2 aromatic carbocycles. The summed E-state index contributed by atoms with van der Waals surface area (Å²) in [5.74, 6) is 0.326. The second-order valence-corrected chi connectivity index (χ2v) is 5.37. The number of non-ortho nitro benzene ring substituents is 1. The van der Waals surface area contributed by atoms with Gasteiger partial charge in [-0.25, -0.2) is 0 Å². The molecule has 0 aliphatic heterocycles. The van der Waals surface area contributed by atoms with Gasteiger partial charge in [0.2, 0.25) is 5.91 Å². The first-order chi connectivity index (χ1) is 11.5. The predicted molar refractivity (Wildman–Crippen MR) is 92.3 cm³/mol. The molecule has 0 saturated heterocycles. The minimum atomic E-state index is -0.551. The number of halogens is 1. The number of hydrogen-bond acceptors (Lipinski definition) is 5. The molecule has 2 aromatic rings. The molecule has 1 amide bonds. The monoisotopic (exact) mass is 349 g/mol. The lowest BCUT2D eigenvalue weighted by molar-refractivity contribution is -0.384. The zero-order valence-electron chi connectivity index (χ0n) is 12.7. The van der Waals surface area contributed by atoms with Crippen LogP contribution in [0.15, 0.2) is 42.5 Å². The van der Waals surface area contributed by atoms with Crippen LogP contribution in [0.3, 0.4) is 0 Å². The van der Waals surface area contributed by atoms with Crippen LogP contribution in [0, 0.1) is 10.1 Å². The summed E-state index contributed by atoms with van der Waals surface area (Å²) in [5.41, 5.74) is 6.49. The summed E-state index contributed by atoms with van der Waals surface area (Å²) in [6, 6.07) is 11.0. The smallest absolute Gasteiger partial charge is 0.271 e. The zero-order valence-corrected chi connectivity index (χ0v) is 13.5. The number of para-hydroxylation sites is 2. The molecule has 0 heterocycles. The highest BCUT2D eigenvalue weighted by Gasteiger charge is 2.11. The third kappa shape index (κ3) is 4.85. The van der Waals surface area contributed by atoms with E-state index in [4.69, 9.17) is 22.1 Å². The Morgan fingerprint density at radius 3 is 2.71 bits per heavy atom. The molecule has 0 saturated carbocycles. The third-order valence-corrected chi connectivity index (χ3v) is 3.48. The molecule has 0 bridgehead atoms. The topological polar surface area (TPSA) is 107 Å². The van der Waals surface area contributed by atoms with Gasteiger partial charge in [0.1, 0.15) is 5.75 Å². The number of nitro benzene ring substituents is 1. The van der Waals surface area contributed by atoms with Crippen molar-refractivity contribution in [1.82, 2.24) is 0 Å². The zero-order chi connectivity index (χ0) is 17.5. The van der Waals surface area contributed by atoms with Crippen molar-refractivity contribution in [2.75, 3.05) is 17.7 Å². The van der Waals surface area contributed by atoms with Crippen LogP contribution >= 0.6 is 11.6 Å². The molecule has 126 valence electrons. The number of hydrogen-bond donors (Lipinski definition) is 2. The van der Waals surface area contributed by atoms with E-state index in [1.54, 1.807) is 12.1 Å². The molecule has 2 rings (SSSR count). The lowest BCUT2D eigenvalue weighted by atomic mass is 10.2. The van der Waals surface area contributed by atoms with E-state index in [1.165, 1.54) is 18.2 Å². The van der Waals surface area contributed by atoms with Crippen molar-refractivity contribution in [2.24, 2.45) is 0 Å². The number of benzene rings is 2. The summed E-state index contributed by atoms with van der Waals surface area (Å²) < 4.78 is 5.50. The fraction of sp³-hybridized carbons (Fsp3) is 0.188. The van der Waals surface area contributed by atoms with Crippen LogP contribution in [0.4, 0.5) is 17.1 Å². The van der Waals surface area contributed by atoms with Crippen molar-refractivity contribution in [2.45, 2.75) is 12.8 Å². The molecule has 0 radical (unpaired) electrons. The van der Waals surface area contributed by atoms with Gasteiger partial charge >= 0.3 is 0 Å². The van der Waals surface area contributed by atoms with Gasteiger partial charge in [-0.3, -0.25) is 14.9 Å². The van der Waals surface area contributed by atoms with Crippen molar-refractivity contribution >= 4 is 34.6 Å². The highest BCUT2D eigenvalue weighted by molar-refractivity contribution is 6.33. The van der Waals surface area contributed by atoms with Gasteiger partial charge in [-0.05, 0) is 24.6 Å². The first-order valence-corrected chi connectivity index (χ1v) is 7.56. The van der Waals surface area contributed by atoms with E-state index < -0.39 is 4.92 Å². The predicted octanol–water partition coefficient (Wildman–Crippen LogP) is 3.63. The van der Waals surface area contributed by atoms with Crippen molar-refractivity contribution in [3.05, 3.63) is 57.6 Å². The number of carbonyl (C=O) groups is 1. The molecule has 0 aromatic heterocycles. The van der Waals surface area contributed by atoms with E-state index >= 15 is 0 Å². The third-order valence-electron chi connectivity index (χ3n) is 3.16. The number of rotatable bonds is 7. The standard InChI is InChI=1S/C16H16ClN3O4/c17-12-10-11(20(22)23)7-8-14(12)19-16(21)6-3-9-24-15-5-2-1-4-13(15)18/h1-2,4-5,7-8,10H,3,6,9,18H2,(H,19,21). The number of amides is 1. The second-order valence-electron chi connectivity index (χ2n) is 4.96. The fourth-order valence-electron chi connectivity index (χ4n) is 1.96. The van der Waals surface area contributed by atoms with Crippen LogP contribution in [-0.2, 0) is 4.79 Å². The van der Waals surface area contributed by atoms with Gasteiger partial charge in [0.25, 0.3) is 5.69 Å². The molecule has 0 spiro atoms. The van der Waals surface area contributed by atoms with Crippen molar-refractivity contribution in [3.63, 3.8) is 0 Å². The molecule has 8 heteroatoms. The highest BCUT2D eigenvalue weighted by atomic mass is 35.5. The largest absolute Gasteiger partial charge is 0.491 e. The summed E-state index contributed by atoms with van der Waals surface area (Å²) >= 11 is 5.92. The van der Waals surface area contributed by atoms with Gasteiger partial charge in [-0.15, -0.1) is 0 Å². The van der Waals surface area contributed by atoms with E-state index in [0.29, 0.717) is 30.2 Å². The molecule has 0 unspecified atom stereocenters. The number of anilines is 2. The van der Waals surface area contributed by atoms with Gasteiger partial charge in [-0.1, -0.05) is 23.7 Å². The van der Waals surface area contributed by atoms with Gasteiger partial charge in [0.15, 0.2) is 0 Å². The van der Waals surface area contributed by atoms with Crippen molar-refractivity contribution in [3.8, 4) is 5.75 Å². The molecular formula is C16H16ClN3O4. The molecule has 0 fully saturated rings. The summed E-state index contributed by atoms with van der Waals surface area (Å²) in [7, 11) is 0. The lowest BCUT2D eigenvalue weighted by Gasteiger charge is -2.09. The van der Waals surface area contributed by atoms with Gasteiger partial charge in [0, 0.05) is 18.6 Å². The highest BCUT2D eigenvalue weighted by Crippen LogP contribution is 2.26. The SMILES string of the molecule is Nc1ccccc1OCCCC(=O)Nc1ccc([N+](=O)[O-])cc1Cl. The number of nitrogen functional groups attached to an aromatic ring is 1. The average molecular weight is 350 g/mol. The summed E-state index contributed by atoms with van der Waals surface area (Å²) in [6.07, 6.45) is 0.713. The maximum atomic E-state index is 11.9. The number of nitro groups is 1. The van der Waals surface area contributed by atoms with E-state index in [0.717, 1.165) is 0 Å². The van der Waals surface area contributed by atoms with E-state index in [9.17, 15) is 14.9 Å². The van der Waals surface area contributed by atoms with Crippen LogP contribution in [-0.4, -0.2) is 17.4 Å². The summed E-state index contributed by atoms with van der Waals surface area (Å²) in [5, 5.41) is 13.4. The minimum absolute atomic E-state index is 0.117. The van der Waals surface area contributed by atoms with E-state index in [2.05, 4.69) is 5.32 Å².